The summed E-state index contributed by atoms with van der Waals surface area (Å²) < 4.78 is 5.88. The molecule has 202 valence electrons. The van der Waals surface area contributed by atoms with E-state index in [0.29, 0.717) is 17.8 Å². The number of ether oxygens (including phenoxy) is 1. The van der Waals surface area contributed by atoms with Gasteiger partial charge in [0.25, 0.3) is 0 Å². The number of carboxylic acids is 1. The van der Waals surface area contributed by atoms with E-state index in [1.807, 2.05) is 6.92 Å². The van der Waals surface area contributed by atoms with Gasteiger partial charge in [0.2, 0.25) is 0 Å². The van der Waals surface area contributed by atoms with E-state index < -0.39 is 11.4 Å². The second-order valence-electron chi connectivity index (χ2n) is 15.5. The van der Waals surface area contributed by atoms with E-state index in [9.17, 15) is 14.7 Å². The van der Waals surface area contributed by atoms with Crippen LogP contribution in [0.25, 0.3) is 0 Å². The minimum absolute atomic E-state index is 0.00837. The van der Waals surface area contributed by atoms with Crippen molar-refractivity contribution >= 4 is 11.9 Å². The number of rotatable bonds is 2. The summed E-state index contributed by atoms with van der Waals surface area (Å²) in [6, 6.07) is 0. The second-order valence-corrected chi connectivity index (χ2v) is 15.5. The monoisotopic (exact) mass is 498 g/mol. The number of carbonyl (C=O) groups is 2. The van der Waals surface area contributed by atoms with Gasteiger partial charge in [-0.25, -0.2) is 0 Å². The van der Waals surface area contributed by atoms with Gasteiger partial charge in [0.15, 0.2) is 0 Å². The van der Waals surface area contributed by atoms with Crippen molar-refractivity contribution in [3.8, 4) is 0 Å². The Morgan fingerprint density at radius 1 is 0.889 bits per heavy atom. The van der Waals surface area contributed by atoms with Crippen LogP contribution in [0.4, 0.5) is 0 Å². The molecule has 0 bridgehead atoms. The van der Waals surface area contributed by atoms with Gasteiger partial charge >= 0.3 is 11.9 Å². The van der Waals surface area contributed by atoms with Crippen LogP contribution in [0.3, 0.4) is 0 Å². The molecule has 5 aliphatic carbocycles. The van der Waals surface area contributed by atoms with E-state index in [0.717, 1.165) is 38.5 Å². The van der Waals surface area contributed by atoms with E-state index in [4.69, 9.17) is 4.74 Å². The SMILES string of the molecule is CC(=O)OC1CCC2(C)C(CC[C@]3(C)[C@H]2CC=C2C4CC(C)(C(=O)O)CC[C@]4(C)CC[C@]23C)C1(C)C. The van der Waals surface area contributed by atoms with E-state index in [1.165, 1.54) is 25.7 Å². The number of carbonyl (C=O) groups excluding carboxylic acids is 1. The summed E-state index contributed by atoms with van der Waals surface area (Å²) in [6.45, 7) is 18.4. The molecule has 4 heteroatoms. The lowest BCUT2D eigenvalue weighted by Gasteiger charge is -2.71. The Balaban J connectivity index is 1.53. The first-order chi connectivity index (χ1) is 16.5. The highest BCUT2D eigenvalue weighted by molar-refractivity contribution is 5.74. The Morgan fingerprint density at radius 2 is 1.56 bits per heavy atom. The largest absolute Gasteiger partial charge is 0.481 e. The van der Waals surface area contributed by atoms with Gasteiger partial charge in [0, 0.05) is 12.3 Å². The number of aliphatic carboxylic acids is 1. The number of carboxylic acid groups (broad SMARTS) is 1. The van der Waals surface area contributed by atoms with Crippen molar-refractivity contribution in [2.75, 3.05) is 0 Å². The van der Waals surface area contributed by atoms with E-state index in [1.54, 1.807) is 12.5 Å². The van der Waals surface area contributed by atoms with Gasteiger partial charge < -0.3 is 9.84 Å². The molecule has 0 aromatic heterocycles. The van der Waals surface area contributed by atoms with Crippen LogP contribution in [0.2, 0.25) is 0 Å². The molecule has 5 rings (SSSR count). The summed E-state index contributed by atoms with van der Waals surface area (Å²) in [5, 5.41) is 10.1. The highest BCUT2D eigenvalue weighted by Gasteiger charge is 2.68. The summed E-state index contributed by atoms with van der Waals surface area (Å²) in [5.74, 6) is 0.760. The maximum absolute atomic E-state index is 12.3. The fourth-order valence-electron chi connectivity index (χ4n) is 10.9. The molecule has 4 fully saturated rings. The lowest BCUT2D eigenvalue weighted by molar-refractivity contribution is -0.212. The Hall–Kier alpha value is -1.32. The smallest absolute Gasteiger partial charge is 0.309 e. The quantitative estimate of drug-likeness (QED) is 0.311. The molecule has 0 amide bonds. The molecule has 5 unspecified atom stereocenters. The van der Waals surface area contributed by atoms with Gasteiger partial charge in [-0.2, -0.15) is 0 Å². The molecule has 36 heavy (non-hydrogen) atoms. The molecule has 0 radical (unpaired) electrons. The fourth-order valence-corrected chi connectivity index (χ4v) is 10.9. The number of hydrogen-bond acceptors (Lipinski definition) is 3. The van der Waals surface area contributed by atoms with Gasteiger partial charge in [-0.15, -0.1) is 0 Å². The average Bonchev–Trinajstić information content (AvgIpc) is 2.77. The fraction of sp³-hybridized carbons (Fsp3) is 0.875. The third-order valence-electron chi connectivity index (χ3n) is 13.6. The van der Waals surface area contributed by atoms with Gasteiger partial charge in [-0.3, -0.25) is 9.59 Å². The highest BCUT2D eigenvalue weighted by atomic mass is 16.5. The summed E-state index contributed by atoms with van der Waals surface area (Å²) >= 11 is 0. The zero-order valence-corrected chi connectivity index (χ0v) is 24.1. The predicted molar refractivity (Wildman–Crippen MR) is 142 cm³/mol. The molecule has 0 aromatic carbocycles. The third-order valence-corrected chi connectivity index (χ3v) is 13.6. The van der Waals surface area contributed by atoms with Crippen LogP contribution >= 0.6 is 0 Å². The molecule has 0 aromatic rings. The van der Waals surface area contributed by atoms with Crippen molar-refractivity contribution in [3.05, 3.63) is 11.6 Å². The third kappa shape index (κ3) is 3.30. The van der Waals surface area contributed by atoms with Crippen molar-refractivity contribution in [1.29, 1.82) is 0 Å². The minimum Gasteiger partial charge on any atom is -0.481 e. The summed E-state index contributed by atoms with van der Waals surface area (Å²) in [5.41, 5.74) is 1.77. The lowest BCUT2D eigenvalue weighted by Crippen LogP contribution is -2.64. The van der Waals surface area contributed by atoms with Crippen LogP contribution in [0, 0.1) is 50.2 Å². The molecule has 1 N–H and O–H groups in total. The molecule has 5 aliphatic rings. The summed E-state index contributed by atoms with van der Waals surface area (Å²) in [6.07, 6.45) is 13.3. The van der Waals surface area contributed by atoms with Gasteiger partial charge in [-0.1, -0.05) is 53.2 Å². The Kier molecular flexibility index (Phi) is 5.74. The lowest BCUT2D eigenvalue weighted by atomic mass is 9.33. The maximum Gasteiger partial charge on any atom is 0.309 e. The van der Waals surface area contributed by atoms with Crippen LogP contribution in [-0.4, -0.2) is 23.1 Å². The molecular weight excluding hydrogens is 448 g/mol. The standard InChI is InChI=1S/C32H50O4/c1-20(33)36-25-12-13-30(6)23(27(25,2)3)11-14-32(8)24(30)10-9-21-22-19-29(5,26(34)35)16-15-28(22,4)17-18-31(21,32)7/h9,22-25H,10-19H2,1-8H3,(H,34,35)/t22?,23?,24-,25?,28+,29?,30?,31+,32+/m0/s1. The van der Waals surface area contributed by atoms with Gasteiger partial charge in [-0.05, 0) is 111 Å². The molecule has 4 saturated carbocycles. The van der Waals surface area contributed by atoms with Crippen LogP contribution in [-0.2, 0) is 14.3 Å². The number of hydrogen-bond donors (Lipinski definition) is 1. The average molecular weight is 499 g/mol. The van der Waals surface area contributed by atoms with Crippen LogP contribution in [0.15, 0.2) is 11.6 Å². The maximum atomic E-state index is 12.3. The van der Waals surface area contributed by atoms with Crippen molar-refractivity contribution in [1.82, 2.24) is 0 Å². The molecule has 0 spiro atoms. The van der Waals surface area contributed by atoms with Crippen molar-refractivity contribution < 1.29 is 19.4 Å². The predicted octanol–water partition coefficient (Wildman–Crippen LogP) is 7.80. The first-order valence-electron chi connectivity index (χ1n) is 14.6. The Labute approximate surface area is 219 Å². The van der Waals surface area contributed by atoms with Crippen LogP contribution < -0.4 is 0 Å². The first-order valence-corrected chi connectivity index (χ1v) is 14.6. The molecule has 0 aliphatic heterocycles. The highest BCUT2D eigenvalue weighted by Crippen LogP contribution is 2.75. The zero-order valence-electron chi connectivity index (χ0n) is 24.1. The Morgan fingerprint density at radius 3 is 2.19 bits per heavy atom. The Bertz CT molecular complexity index is 996. The molecular formula is C32H50O4. The molecule has 4 nitrogen and oxygen atoms in total. The summed E-state index contributed by atoms with van der Waals surface area (Å²) in [4.78, 5) is 24.2. The normalized spacial score (nSPS) is 51.5. The zero-order chi connectivity index (χ0) is 26.5. The van der Waals surface area contributed by atoms with Crippen LogP contribution in [0.1, 0.15) is 120 Å². The summed E-state index contributed by atoms with van der Waals surface area (Å²) in [7, 11) is 0. The van der Waals surface area contributed by atoms with Crippen LogP contribution in [0.5, 0.6) is 0 Å². The van der Waals surface area contributed by atoms with E-state index in [-0.39, 0.29) is 39.1 Å². The van der Waals surface area contributed by atoms with E-state index in [2.05, 4.69) is 47.6 Å². The van der Waals surface area contributed by atoms with Crippen molar-refractivity contribution in [2.24, 2.45) is 50.2 Å². The molecule has 0 heterocycles. The molecule has 0 saturated heterocycles. The van der Waals surface area contributed by atoms with Gasteiger partial charge in [0.05, 0.1) is 5.41 Å². The number of allylic oxidation sites excluding steroid dienone is 2. The number of esters is 1. The topological polar surface area (TPSA) is 63.6 Å². The minimum atomic E-state index is -0.614. The molecule has 9 atom stereocenters. The number of fused-ring (bicyclic) bond motifs is 7. The van der Waals surface area contributed by atoms with Crippen molar-refractivity contribution in [2.45, 2.75) is 126 Å². The van der Waals surface area contributed by atoms with Gasteiger partial charge in [0.1, 0.15) is 6.10 Å². The van der Waals surface area contributed by atoms with E-state index >= 15 is 0 Å². The van der Waals surface area contributed by atoms with Crippen molar-refractivity contribution in [3.63, 3.8) is 0 Å². The second kappa shape index (κ2) is 7.85. The first kappa shape index (κ1) is 26.3.